The lowest BCUT2D eigenvalue weighted by Gasteiger charge is -2.50. The average molecular weight is 847 g/mol. The number of hydrogen-bond acceptors (Lipinski definition) is 3. The second kappa shape index (κ2) is 13.5. The van der Waals surface area contributed by atoms with E-state index in [2.05, 4.69) is 192 Å². The van der Waals surface area contributed by atoms with Gasteiger partial charge >= 0.3 is 0 Å². The van der Waals surface area contributed by atoms with E-state index in [0.29, 0.717) is 0 Å². The lowest BCUT2D eigenvalue weighted by molar-refractivity contribution is 0.279. The van der Waals surface area contributed by atoms with Gasteiger partial charge in [-0.2, -0.15) is 0 Å². The van der Waals surface area contributed by atoms with Crippen molar-refractivity contribution in [2.75, 3.05) is 9.80 Å². The van der Waals surface area contributed by atoms with Crippen LogP contribution in [-0.4, -0.2) is 12.8 Å². The molecule has 2 aliphatic heterocycles. The number of hydrogen-bond donors (Lipinski definition) is 0. The molecule has 1 atom stereocenters. The van der Waals surface area contributed by atoms with Crippen molar-refractivity contribution in [3.8, 4) is 11.1 Å². The molecule has 0 radical (unpaired) electrons. The Bertz CT molecular complexity index is 2860. The number of allylic oxidation sites excluding steroid dienone is 1. The first kappa shape index (κ1) is 42.0. The predicted molar refractivity (Wildman–Crippen MR) is 273 cm³/mol. The summed E-state index contributed by atoms with van der Waals surface area (Å²) >= 11 is 0. The van der Waals surface area contributed by atoms with E-state index < -0.39 is 0 Å². The molecule has 3 nitrogen and oxygen atoms in total. The number of furan rings is 1. The van der Waals surface area contributed by atoms with Crippen LogP contribution < -0.4 is 20.7 Å². The van der Waals surface area contributed by atoms with Gasteiger partial charge in [0.15, 0.2) is 5.88 Å². The van der Waals surface area contributed by atoms with Gasteiger partial charge < -0.3 is 14.2 Å². The van der Waals surface area contributed by atoms with Crippen LogP contribution >= 0.6 is 0 Å². The molecule has 11 rings (SSSR count). The summed E-state index contributed by atoms with van der Waals surface area (Å²) in [6.45, 7) is 34.3. The summed E-state index contributed by atoms with van der Waals surface area (Å²) in [6.07, 6.45) is 10.5. The van der Waals surface area contributed by atoms with Crippen molar-refractivity contribution in [1.82, 2.24) is 0 Å². The molecular formula is C60H71BN2O. The molecule has 0 fully saturated rings. The quantitative estimate of drug-likeness (QED) is 0.169. The van der Waals surface area contributed by atoms with E-state index in [0.717, 1.165) is 25.1 Å². The molecule has 4 aliphatic carbocycles. The highest BCUT2D eigenvalue weighted by molar-refractivity contribution is 6.94. The van der Waals surface area contributed by atoms with E-state index in [1.54, 1.807) is 0 Å². The van der Waals surface area contributed by atoms with E-state index in [9.17, 15) is 0 Å². The summed E-state index contributed by atoms with van der Waals surface area (Å²) in [7, 11) is 0. The molecule has 0 spiro atoms. The van der Waals surface area contributed by atoms with E-state index in [4.69, 9.17) is 4.42 Å². The van der Waals surface area contributed by atoms with Gasteiger partial charge in [0.05, 0.1) is 11.7 Å². The fourth-order valence-corrected chi connectivity index (χ4v) is 13.4. The van der Waals surface area contributed by atoms with Gasteiger partial charge in [-0.05, 0) is 172 Å². The van der Waals surface area contributed by atoms with Gasteiger partial charge in [-0.3, -0.25) is 0 Å². The number of nitrogens with zero attached hydrogens (tertiary/aromatic N) is 2. The van der Waals surface area contributed by atoms with Gasteiger partial charge in [-0.15, -0.1) is 0 Å². The summed E-state index contributed by atoms with van der Waals surface area (Å²) in [5, 5.41) is 0. The molecule has 0 saturated heterocycles. The van der Waals surface area contributed by atoms with Gasteiger partial charge in [-0.25, -0.2) is 0 Å². The topological polar surface area (TPSA) is 19.6 Å². The summed E-state index contributed by atoms with van der Waals surface area (Å²) < 4.78 is 7.78. The monoisotopic (exact) mass is 847 g/mol. The van der Waals surface area contributed by atoms with Crippen molar-refractivity contribution < 1.29 is 4.42 Å². The highest BCUT2D eigenvalue weighted by Gasteiger charge is 2.56. The van der Waals surface area contributed by atoms with Crippen LogP contribution in [0, 0.1) is 6.92 Å². The molecule has 6 aliphatic rings. The highest BCUT2D eigenvalue weighted by Crippen LogP contribution is 2.57. The molecule has 330 valence electrons. The lowest BCUT2D eigenvalue weighted by Crippen LogP contribution is -2.62. The molecule has 1 aromatic heterocycles. The smallest absolute Gasteiger partial charge is 0.252 e. The molecule has 3 heterocycles. The third-order valence-corrected chi connectivity index (χ3v) is 17.7. The van der Waals surface area contributed by atoms with E-state index in [1.165, 1.54) is 121 Å². The van der Waals surface area contributed by atoms with Crippen molar-refractivity contribution in [3.05, 3.63) is 141 Å². The molecule has 5 aromatic rings. The number of benzene rings is 4. The van der Waals surface area contributed by atoms with Gasteiger partial charge in [0, 0.05) is 28.1 Å². The first-order chi connectivity index (χ1) is 30.0. The van der Waals surface area contributed by atoms with Crippen LogP contribution in [0.2, 0.25) is 0 Å². The molecule has 1 unspecified atom stereocenters. The second-order valence-corrected chi connectivity index (χ2v) is 25.1. The fourth-order valence-electron chi connectivity index (χ4n) is 13.4. The van der Waals surface area contributed by atoms with Crippen LogP contribution in [0.4, 0.5) is 22.9 Å². The molecule has 0 bridgehead atoms. The maximum Gasteiger partial charge on any atom is 0.252 e. The third kappa shape index (κ3) is 5.98. The van der Waals surface area contributed by atoms with Crippen LogP contribution in [0.15, 0.2) is 106 Å². The summed E-state index contributed by atoms with van der Waals surface area (Å²) in [4.78, 5) is 5.43. The molecule has 64 heavy (non-hydrogen) atoms. The van der Waals surface area contributed by atoms with Crippen molar-refractivity contribution in [2.45, 2.75) is 180 Å². The Morgan fingerprint density at radius 2 is 1.17 bits per heavy atom. The van der Waals surface area contributed by atoms with Crippen molar-refractivity contribution in [3.63, 3.8) is 0 Å². The Morgan fingerprint density at radius 1 is 0.578 bits per heavy atom. The molecule has 0 saturated carbocycles. The zero-order chi connectivity index (χ0) is 45.3. The summed E-state index contributed by atoms with van der Waals surface area (Å²) in [6, 6.07) is 31.4. The normalized spacial score (nSPS) is 23.6. The zero-order valence-electron chi connectivity index (χ0n) is 41.5. The highest BCUT2D eigenvalue weighted by atomic mass is 16.4. The Balaban J connectivity index is 1.27. The first-order valence-electron chi connectivity index (χ1n) is 24.7. The van der Waals surface area contributed by atoms with Gasteiger partial charge in [0.25, 0.3) is 6.71 Å². The predicted octanol–water partition coefficient (Wildman–Crippen LogP) is 14.7. The zero-order valence-corrected chi connectivity index (χ0v) is 41.5. The second-order valence-electron chi connectivity index (χ2n) is 25.1. The Kier molecular flexibility index (Phi) is 8.82. The molecular weight excluding hydrogens is 775 g/mol. The Hall–Kier alpha value is -4.70. The fraction of sp³-hybridized carbons (Fsp3) is 0.467. The van der Waals surface area contributed by atoms with E-state index in [-0.39, 0.29) is 45.2 Å². The summed E-state index contributed by atoms with van der Waals surface area (Å²) in [5.74, 6) is 2.27. The Morgan fingerprint density at radius 3 is 1.84 bits per heavy atom. The maximum atomic E-state index is 7.78. The molecule has 0 N–H and O–H groups in total. The minimum Gasteiger partial charge on any atom is -0.445 e. The minimum absolute atomic E-state index is 0.0437. The number of fused-ring (bicyclic) bond motifs is 8. The number of rotatable bonds is 3. The van der Waals surface area contributed by atoms with E-state index in [1.807, 2.05) is 0 Å². The molecule has 4 heteroatoms. The van der Waals surface area contributed by atoms with Gasteiger partial charge in [0.1, 0.15) is 5.76 Å². The van der Waals surface area contributed by atoms with Crippen LogP contribution in [0.25, 0.3) is 11.1 Å². The largest absolute Gasteiger partial charge is 0.445 e. The lowest BCUT2D eigenvalue weighted by atomic mass is 9.30. The van der Waals surface area contributed by atoms with Crippen LogP contribution in [0.1, 0.15) is 174 Å². The van der Waals surface area contributed by atoms with Crippen LogP contribution in [0.5, 0.6) is 0 Å². The number of anilines is 4. The van der Waals surface area contributed by atoms with Gasteiger partial charge in [0.2, 0.25) is 0 Å². The van der Waals surface area contributed by atoms with Crippen molar-refractivity contribution >= 4 is 40.6 Å². The SMILES string of the molecule is CC1=CC2=C3B(c4cc(C)ccc4N2c2ccc4c(c2)C(C)(C)CCC4(C)C)c2c(oc4c2C(C)(C)CCC4(C)C)N(c2cc4c(cc2-c2ccccc2)C(C)(C)CCC4(C)C)C3C1. The standard InChI is InChI=1S/C60H71BN2O/c1-36-20-23-46-45(30-36)61-51-48(62(46)39-21-22-41-42(33-39)56(5,6)25-24-55(41,3)4)31-37(2)32-49(51)63(54-52(61)50-53(64-54)60(13,14)29-28-59(50,11)12)47-35-44-43(57(7,8)26-27-58(44,9)10)34-40(47)38-18-16-15-17-19-38/h15-23,30-31,33-35,49H,24-29,32H2,1-14H3. The third-order valence-electron chi connectivity index (χ3n) is 17.7. The average Bonchev–Trinajstić information content (AvgIpc) is 3.66. The number of aryl methyl sites for hydroxylation is 1. The van der Waals surface area contributed by atoms with Crippen LogP contribution in [0.3, 0.4) is 0 Å². The van der Waals surface area contributed by atoms with Crippen molar-refractivity contribution in [1.29, 1.82) is 0 Å². The van der Waals surface area contributed by atoms with Crippen molar-refractivity contribution in [2.24, 2.45) is 0 Å². The molecule has 4 aromatic carbocycles. The van der Waals surface area contributed by atoms with Crippen LogP contribution in [-0.2, 0) is 32.5 Å². The first-order valence-corrected chi connectivity index (χ1v) is 24.7. The Labute approximate surface area is 385 Å². The van der Waals surface area contributed by atoms with E-state index >= 15 is 0 Å². The maximum absolute atomic E-state index is 7.78. The minimum atomic E-state index is -0.0889. The molecule has 0 amide bonds. The van der Waals surface area contributed by atoms with Gasteiger partial charge in [-0.1, -0.05) is 143 Å². The summed E-state index contributed by atoms with van der Waals surface area (Å²) in [5.41, 5.74) is 22.5.